The molecule has 1 heterocycles. The fourth-order valence-electron chi connectivity index (χ4n) is 2.59. The van der Waals surface area contributed by atoms with Crippen molar-refractivity contribution in [2.24, 2.45) is 0 Å². The van der Waals surface area contributed by atoms with Crippen molar-refractivity contribution < 1.29 is 5.11 Å². The number of β-amino-alcohol motifs (C(OH)–C–C–N with tert-alkyl or cyclic N) is 1. The predicted octanol–water partition coefficient (Wildman–Crippen LogP) is 1.37. The summed E-state index contributed by atoms with van der Waals surface area (Å²) in [5.74, 6) is 0. The molecule has 0 spiro atoms. The lowest BCUT2D eigenvalue weighted by Crippen LogP contribution is -2.32. The topological polar surface area (TPSA) is 50.5 Å². The van der Waals surface area contributed by atoms with E-state index in [4.69, 9.17) is 5.11 Å². The maximum atomic E-state index is 9.26. The third-order valence-electron chi connectivity index (χ3n) is 3.62. The normalized spacial score (nSPS) is 17.0. The third-order valence-corrected chi connectivity index (χ3v) is 3.62. The minimum atomic E-state index is 0.216. The number of anilines is 1. The average Bonchev–Trinajstić information content (AvgIpc) is 2.65. The van der Waals surface area contributed by atoms with Crippen LogP contribution in [0.1, 0.15) is 17.5 Å². The van der Waals surface area contributed by atoms with Crippen molar-refractivity contribution in [1.29, 1.82) is 5.26 Å². The standard InChI is InChI=1S/C15H21N3O/c1-13-3-4-15(14(11-13)12-16)18-6-2-5-17(7-8-18)9-10-19/h3-4,11,19H,2,5-10H2,1H3. The molecule has 1 aliphatic rings. The highest BCUT2D eigenvalue weighted by molar-refractivity contribution is 5.60. The van der Waals surface area contributed by atoms with E-state index >= 15 is 0 Å². The van der Waals surface area contributed by atoms with Gasteiger partial charge in [-0.25, -0.2) is 0 Å². The number of benzene rings is 1. The van der Waals surface area contributed by atoms with Gasteiger partial charge >= 0.3 is 0 Å². The van der Waals surface area contributed by atoms with Gasteiger partial charge in [-0.3, -0.25) is 4.90 Å². The van der Waals surface area contributed by atoms with Gasteiger partial charge in [0.2, 0.25) is 0 Å². The van der Waals surface area contributed by atoms with Crippen LogP contribution in [0.3, 0.4) is 0 Å². The molecule has 4 nitrogen and oxygen atoms in total. The molecule has 0 aromatic heterocycles. The summed E-state index contributed by atoms with van der Waals surface area (Å²) in [6, 6.07) is 8.36. The Morgan fingerprint density at radius 1 is 1.26 bits per heavy atom. The lowest BCUT2D eigenvalue weighted by Gasteiger charge is -2.24. The van der Waals surface area contributed by atoms with Crippen LogP contribution in [0.15, 0.2) is 18.2 Å². The molecule has 1 N–H and O–H groups in total. The number of nitriles is 1. The number of rotatable bonds is 3. The molecule has 0 aliphatic carbocycles. The van der Waals surface area contributed by atoms with Crippen LogP contribution in [-0.4, -0.2) is 49.3 Å². The molecule has 0 saturated carbocycles. The first-order chi connectivity index (χ1) is 9.24. The Labute approximate surface area is 114 Å². The molecule has 1 aromatic carbocycles. The Kier molecular flexibility index (Phi) is 4.78. The van der Waals surface area contributed by atoms with Crippen LogP contribution in [0.25, 0.3) is 0 Å². The molecule has 0 atom stereocenters. The average molecular weight is 259 g/mol. The zero-order chi connectivity index (χ0) is 13.7. The van der Waals surface area contributed by atoms with Gasteiger partial charge < -0.3 is 10.0 Å². The first kappa shape index (κ1) is 13.9. The van der Waals surface area contributed by atoms with Crippen molar-refractivity contribution in [2.45, 2.75) is 13.3 Å². The van der Waals surface area contributed by atoms with Crippen LogP contribution in [0, 0.1) is 18.3 Å². The Balaban J connectivity index is 2.12. The summed E-state index contributed by atoms with van der Waals surface area (Å²) in [4.78, 5) is 4.57. The van der Waals surface area contributed by atoms with Crippen LogP contribution >= 0.6 is 0 Å². The zero-order valence-corrected chi connectivity index (χ0v) is 11.5. The highest BCUT2D eigenvalue weighted by Crippen LogP contribution is 2.22. The van der Waals surface area contributed by atoms with E-state index in [-0.39, 0.29) is 6.61 Å². The van der Waals surface area contributed by atoms with Crippen LogP contribution in [-0.2, 0) is 0 Å². The van der Waals surface area contributed by atoms with Crippen LogP contribution in [0.5, 0.6) is 0 Å². The van der Waals surface area contributed by atoms with Gasteiger partial charge in [0.1, 0.15) is 6.07 Å². The first-order valence-electron chi connectivity index (χ1n) is 6.83. The Morgan fingerprint density at radius 3 is 2.84 bits per heavy atom. The van der Waals surface area contributed by atoms with Gasteiger partial charge in [-0.2, -0.15) is 5.26 Å². The Morgan fingerprint density at radius 2 is 2.11 bits per heavy atom. The second-order valence-corrected chi connectivity index (χ2v) is 5.04. The molecule has 1 fully saturated rings. The Bertz CT molecular complexity index is 467. The SMILES string of the molecule is Cc1ccc(N2CCCN(CCO)CC2)c(C#N)c1. The summed E-state index contributed by atoms with van der Waals surface area (Å²) in [5.41, 5.74) is 2.92. The molecule has 0 amide bonds. The molecule has 102 valence electrons. The van der Waals surface area contributed by atoms with E-state index in [0.717, 1.165) is 56.0 Å². The number of aliphatic hydroxyl groups is 1. The lowest BCUT2D eigenvalue weighted by molar-refractivity contribution is 0.204. The van der Waals surface area contributed by atoms with Crippen molar-refractivity contribution in [2.75, 3.05) is 44.2 Å². The van der Waals surface area contributed by atoms with E-state index in [2.05, 4.69) is 28.0 Å². The largest absolute Gasteiger partial charge is 0.395 e. The molecule has 1 aliphatic heterocycles. The van der Waals surface area contributed by atoms with Crippen molar-refractivity contribution >= 4 is 5.69 Å². The molecule has 0 bridgehead atoms. The van der Waals surface area contributed by atoms with E-state index < -0.39 is 0 Å². The molecular formula is C15H21N3O. The van der Waals surface area contributed by atoms with E-state index in [9.17, 15) is 5.26 Å². The van der Waals surface area contributed by atoms with Gasteiger partial charge in [0.25, 0.3) is 0 Å². The number of hydrogen-bond acceptors (Lipinski definition) is 4. The number of aryl methyl sites for hydroxylation is 1. The monoisotopic (exact) mass is 259 g/mol. The van der Waals surface area contributed by atoms with E-state index in [0.29, 0.717) is 0 Å². The summed E-state index contributed by atoms with van der Waals surface area (Å²) in [6.45, 7) is 6.82. The van der Waals surface area contributed by atoms with Gasteiger partial charge in [-0.15, -0.1) is 0 Å². The number of hydrogen-bond donors (Lipinski definition) is 1. The highest BCUT2D eigenvalue weighted by atomic mass is 16.3. The smallest absolute Gasteiger partial charge is 0.101 e. The molecule has 2 rings (SSSR count). The summed E-state index contributed by atoms with van der Waals surface area (Å²) in [6.07, 6.45) is 1.07. The zero-order valence-electron chi connectivity index (χ0n) is 11.5. The van der Waals surface area contributed by atoms with Gasteiger partial charge in [0.15, 0.2) is 0 Å². The molecule has 0 radical (unpaired) electrons. The highest BCUT2D eigenvalue weighted by Gasteiger charge is 2.16. The van der Waals surface area contributed by atoms with Crippen molar-refractivity contribution in [3.63, 3.8) is 0 Å². The van der Waals surface area contributed by atoms with Gasteiger partial charge in [-0.05, 0) is 37.6 Å². The quantitative estimate of drug-likeness (QED) is 0.891. The number of aliphatic hydroxyl groups excluding tert-OH is 1. The van der Waals surface area contributed by atoms with E-state index in [1.807, 2.05) is 13.0 Å². The maximum Gasteiger partial charge on any atom is 0.101 e. The molecule has 4 heteroatoms. The minimum Gasteiger partial charge on any atom is -0.395 e. The van der Waals surface area contributed by atoms with Crippen LogP contribution in [0.4, 0.5) is 5.69 Å². The van der Waals surface area contributed by atoms with E-state index in [1.165, 1.54) is 0 Å². The predicted molar refractivity (Wildman–Crippen MR) is 76.2 cm³/mol. The fourth-order valence-corrected chi connectivity index (χ4v) is 2.59. The van der Waals surface area contributed by atoms with Gasteiger partial charge in [-0.1, -0.05) is 6.07 Å². The van der Waals surface area contributed by atoms with Crippen molar-refractivity contribution in [3.05, 3.63) is 29.3 Å². The fraction of sp³-hybridized carbons (Fsp3) is 0.533. The summed E-state index contributed by atoms with van der Waals surface area (Å²) in [5, 5.41) is 18.3. The van der Waals surface area contributed by atoms with E-state index in [1.54, 1.807) is 0 Å². The second-order valence-electron chi connectivity index (χ2n) is 5.04. The summed E-state index contributed by atoms with van der Waals surface area (Å²) < 4.78 is 0. The lowest BCUT2D eigenvalue weighted by atomic mass is 10.1. The van der Waals surface area contributed by atoms with Gasteiger partial charge in [0, 0.05) is 26.2 Å². The maximum absolute atomic E-state index is 9.26. The van der Waals surface area contributed by atoms with Crippen LogP contribution < -0.4 is 4.90 Å². The molecule has 0 unspecified atom stereocenters. The van der Waals surface area contributed by atoms with Crippen molar-refractivity contribution in [3.8, 4) is 6.07 Å². The molecule has 1 saturated heterocycles. The van der Waals surface area contributed by atoms with Gasteiger partial charge in [0.05, 0.1) is 17.9 Å². The number of nitrogens with zero attached hydrogens (tertiary/aromatic N) is 3. The van der Waals surface area contributed by atoms with Crippen LogP contribution in [0.2, 0.25) is 0 Å². The second kappa shape index (κ2) is 6.55. The summed E-state index contributed by atoms with van der Waals surface area (Å²) in [7, 11) is 0. The first-order valence-corrected chi connectivity index (χ1v) is 6.83. The summed E-state index contributed by atoms with van der Waals surface area (Å²) >= 11 is 0. The third kappa shape index (κ3) is 3.46. The Hall–Kier alpha value is -1.57. The molecule has 19 heavy (non-hydrogen) atoms. The minimum absolute atomic E-state index is 0.216. The molecule has 1 aromatic rings. The van der Waals surface area contributed by atoms with Crippen molar-refractivity contribution in [1.82, 2.24) is 4.90 Å². The molecular weight excluding hydrogens is 238 g/mol.